The number of aliphatic carboxylic acids is 1. The molecule has 20 atom stereocenters. The van der Waals surface area contributed by atoms with E-state index in [9.17, 15) is 58.3 Å². The van der Waals surface area contributed by atoms with Crippen molar-refractivity contribution in [1.29, 1.82) is 0 Å². The molecule has 0 bridgehead atoms. The van der Waals surface area contributed by atoms with Crippen LogP contribution in [-0.2, 0) is 43.1 Å². The Hall–Kier alpha value is -1.81. The molecule has 7 rings (SSSR count). The molecule has 2 saturated heterocycles. The number of carbonyl (C=O) groups is 2. The third kappa shape index (κ3) is 6.73. The van der Waals surface area contributed by atoms with Gasteiger partial charge in [0.25, 0.3) is 0 Å². The van der Waals surface area contributed by atoms with Crippen molar-refractivity contribution in [1.82, 2.24) is 0 Å². The Morgan fingerprint density at radius 3 is 2.10 bits per heavy atom. The fraction of sp³-hybridized carbons (Fsp3) is 0.907. The summed E-state index contributed by atoms with van der Waals surface area (Å²) in [5.74, 6) is -1.82. The van der Waals surface area contributed by atoms with Crippen LogP contribution in [0.4, 0.5) is 0 Å². The predicted molar refractivity (Wildman–Crippen MR) is 213 cm³/mol. The van der Waals surface area contributed by atoms with Gasteiger partial charge in [-0.25, -0.2) is 4.18 Å². The molecule has 6 fully saturated rings. The summed E-state index contributed by atoms with van der Waals surface area (Å²) in [6.45, 7) is 15.5. The van der Waals surface area contributed by atoms with Gasteiger partial charge in [0.15, 0.2) is 12.4 Å². The van der Waals surface area contributed by atoms with Crippen molar-refractivity contribution in [2.75, 3.05) is 6.61 Å². The molecule has 20 unspecified atom stereocenters. The Labute approximate surface area is 358 Å². The van der Waals surface area contributed by atoms with Crippen molar-refractivity contribution in [3.63, 3.8) is 0 Å². The molecule has 0 spiro atoms. The molecule has 2 heterocycles. The number of esters is 1. The summed E-state index contributed by atoms with van der Waals surface area (Å²) in [6.07, 6.45) is -9.76. The van der Waals surface area contributed by atoms with E-state index in [1.165, 1.54) is 6.92 Å². The van der Waals surface area contributed by atoms with Crippen LogP contribution in [0.5, 0.6) is 0 Å². The van der Waals surface area contributed by atoms with Crippen molar-refractivity contribution < 1.29 is 81.4 Å². The number of hydrogen-bond donors (Lipinski definition) is 8. The van der Waals surface area contributed by atoms with Crippen LogP contribution < -0.4 is 0 Å². The van der Waals surface area contributed by atoms with E-state index in [1.807, 2.05) is 6.92 Å². The fourth-order valence-corrected chi connectivity index (χ4v) is 15.1. The number of fused-ring (bicyclic) bond motifs is 7. The molecule has 61 heavy (non-hydrogen) atoms. The number of allylic oxidation sites excluding steroid dienone is 1. The first-order valence-corrected chi connectivity index (χ1v) is 23.3. The average Bonchev–Trinajstić information content (AvgIpc) is 3.18. The first-order valence-electron chi connectivity index (χ1n) is 22.0. The van der Waals surface area contributed by atoms with Gasteiger partial charge in [-0.05, 0) is 110 Å². The molecule has 0 aromatic heterocycles. The van der Waals surface area contributed by atoms with Crippen LogP contribution >= 0.6 is 0 Å². The largest absolute Gasteiger partial charge is 0.481 e. The Balaban J connectivity index is 1.23. The fourth-order valence-electron chi connectivity index (χ4n) is 14.7. The van der Waals surface area contributed by atoms with E-state index in [4.69, 9.17) is 23.1 Å². The third-order valence-electron chi connectivity index (χ3n) is 18.4. The minimum absolute atomic E-state index is 0.0181. The van der Waals surface area contributed by atoms with Crippen LogP contribution in [0.25, 0.3) is 0 Å². The molecule has 0 radical (unpaired) electrons. The number of aliphatic hydroxyl groups is 6. The summed E-state index contributed by atoms with van der Waals surface area (Å²) in [5.41, 5.74) is -4.66. The van der Waals surface area contributed by atoms with Gasteiger partial charge in [0.1, 0.15) is 36.6 Å². The maximum Gasteiger partial charge on any atom is 0.397 e. The zero-order valence-electron chi connectivity index (χ0n) is 36.5. The lowest BCUT2D eigenvalue weighted by atomic mass is 9.30. The number of ether oxygens (including phenoxy) is 4. The van der Waals surface area contributed by atoms with E-state index in [0.717, 1.165) is 5.57 Å². The van der Waals surface area contributed by atoms with Crippen LogP contribution in [0.15, 0.2) is 11.6 Å². The van der Waals surface area contributed by atoms with Gasteiger partial charge in [0.2, 0.25) is 6.29 Å². The Bertz CT molecular complexity index is 1860. The number of carbonyl (C=O) groups excluding carboxylic acids is 1. The summed E-state index contributed by atoms with van der Waals surface area (Å²) in [4.78, 5) is 29.2. The van der Waals surface area contributed by atoms with E-state index >= 15 is 0 Å². The van der Waals surface area contributed by atoms with Crippen molar-refractivity contribution in [2.45, 2.75) is 181 Å². The maximum atomic E-state index is 14.9. The summed E-state index contributed by atoms with van der Waals surface area (Å²) in [5, 5.41) is 74.6. The van der Waals surface area contributed by atoms with Gasteiger partial charge >= 0.3 is 22.3 Å². The van der Waals surface area contributed by atoms with Gasteiger partial charge in [-0.15, -0.1) is 0 Å². The van der Waals surface area contributed by atoms with Gasteiger partial charge in [0, 0.05) is 5.41 Å². The van der Waals surface area contributed by atoms with E-state index < -0.39 is 129 Å². The van der Waals surface area contributed by atoms with Crippen LogP contribution in [0.1, 0.15) is 113 Å². The minimum atomic E-state index is -5.07. The second-order valence-electron chi connectivity index (χ2n) is 21.0. The summed E-state index contributed by atoms with van der Waals surface area (Å²) in [6, 6.07) is 0. The monoisotopic (exact) mass is 888 g/mol. The molecule has 7 aliphatic rings. The highest BCUT2D eigenvalue weighted by atomic mass is 32.3. The van der Waals surface area contributed by atoms with E-state index in [1.54, 1.807) is 0 Å². The van der Waals surface area contributed by atoms with Gasteiger partial charge in [-0.2, -0.15) is 8.42 Å². The first kappa shape index (κ1) is 47.2. The zero-order valence-corrected chi connectivity index (χ0v) is 37.3. The molecule has 2 aliphatic heterocycles. The lowest BCUT2D eigenvalue weighted by Gasteiger charge is -2.72. The SMILES string of the molecule is CC1CCC2(C(=O)OC3OC(CO)C(O)C(O)C3O)CCC3(C(=O)O)C(=CCC4C5(C)CCC(OC6OC(C)C(O)C(O)C6OS(=O)(=O)O)C(C)(C)C5CCC43C)C2(C)C1C. The number of carboxylic acid groups (broad SMARTS) is 1. The van der Waals surface area contributed by atoms with E-state index in [0.29, 0.717) is 44.9 Å². The van der Waals surface area contributed by atoms with Crippen LogP contribution in [-0.4, -0.2) is 135 Å². The van der Waals surface area contributed by atoms with E-state index in [2.05, 4.69) is 47.6 Å². The lowest BCUT2D eigenvalue weighted by Crippen LogP contribution is -2.70. The standard InChI is InChI=1S/C43H68O17S/c1-20-11-16-42(37(52)59-34-32(49)30(47)29(46)23(19-44)57-34)17-18-43(36(50)51)26(41(42,8)21(20)2)10-9-25-39(6)14-13-27(38(4,5)24(39)12-15-40(25,43)7)58-35-33(60-61(53,54)55)31(48)28(45)22(3)56-35/h10,20-25,27-35,44-49H,9,11-19H2,1-8H3,(H,50,51)(H,53,54,55). The number of rotatable bonds is 8. The molecule has 0 aromatic rings. The zero-order chi connectivity index (χ0) is 45.2. The quantitative estimate of drug-likeness (QED) is 0.0752. The predicted octanol–water partition coefficient (Wildman–Crippen LogP) is 2.48. The van der Waals surface area contributed by atoms with Crippen molar-refractivity contribution >= 4 is 22.3 Å². The third-order valence-corrected chi connectivity index (χ3v) is 18.9. The lowest BCUT2D eigenvalue weighted by molar-refractivity contribution is -0.320. The van der Waals surface area contributed by atoms with Crippen molar-refractivity contribution in [3.05, 3.63) is 11.6 Å². The molecular formula is C43H68O17S. The topological polar surface area (TPSA) is 276 Å². The molecule has 5 aliphatic carbocycles. The Morgan fingerprint density at radius 2 is 1.48 bits per heavy atom. The smallest absolute Gasteiger partial charge is 0.397 e. The Morgan fingerprint density at radius 1 is 0.803 bits per heavy atom. The molecule has 18 heteroatoms. The molecule has 4 saturated carbocycles. The molecule has 8 N–H and O–H groups in total. The number of aliphatic hydroxyl groups excluding tert-OH is 6. The molecular weight excluding hydrogens is 821 g/mol. The van der Waals surface area contributed by atoms with Gasteiger partial charge in [0.05, 0.1) is 29.6 Å². The second kappa shape index (κ2) is 15.7. The second-order valence-corrected chi connectivity index (χ2v) is 22.0. The molecule has 348 valence electrons. The maximum absolute atomic E-state index is 14.9. The Kier molecular flexibility index (Phi) is 12.1. The normalized spacial score (nSPS) is 52.0. The van der Waals surface area contributed by atoms with Crippen LogP contribution in [0.3, 0.4) is 0 Å². The average molecular weight is 889 g/mol. The van der Waals surface area contributed by atoms with Gasteiger partial charge in [-0.3, -0.25) is 14.1 Å². The van der Waals surface area contributed by atoms with E-state index in [-0.39, 0.29) is 36.5 Å². The minimum Gasteiger partial charge on any atom is -0.481 e. The van der Waals surface area contributed by atoms with Crippen molar-refractivity contribution in [2.24, 2.45) is 56.2 Å². The van der Waals surface area contributed by atoms with Crippen LogP contribution in [0.2, 0.25) is 0 Å². The molecule has 17 nitrogen and oxygen atoms in total. The van der Waals surface area contributed by atoms with Crippen LogP contribution in [0, 0.1) is 56.2 Å². The first-order chi connectivity index (χ1) is 28.2. The highest BCUT2D eigenvalue weighted by Crippen LogP contribution is 2.79. The molecule has 0 amide bonds. The molecule has 0 aromatic carbocycles. The highest BCUT2D eigenvalue weighted by molar-refractivity contribution is 7.80. The highest BCUT2D eigenvalue weighted by Gasteiger charge is 2.77. The van der Waals surface area contributed by atoms with Gasteiger partial charge < -0.3 is 54.7 Å². The van der Waals surface area contributed by atoms with Crippen molar-refractivity contribution in [3.8, 4) is 0 Å². The number of hydrogen-bond acceptors (Lipinski definition) is 15. The number of carboxylic acids is 1. The summed E-state index contributed by atoms with van der Waals surface area (Å²) in [7, 11) is -5.07. The summed E-state index contributed by atoms with van der Waals surface area (Å²) >= 11 is 0. The summed E-state index contributed by atoms with van der Waals surface area (Å²) < 4.78 is 61.9. The van der Waals surface area contributed by atoms with Gasteiger partial charge in [-0.1, -0.05) is 54.5 Å².